The summed E-state index contributed by atoms with van der Waals surface area (Å²) >= 11 is 0. The van der Waals surface area contributed by atoms with Gasteiger partial charge < -0.3 is 15.3 Å². The van der Waals surface area contributed by atoms with Crippen LogP contribution in [0.3, 0.4) is 0 Å². The number of benzene rings is 1. The molecule has 0 aliphatic rings. The van der Waals surface area contributed by atoms with Crippen molar-refractivity contribution in [2.75, 3.05) is 20.1 Å². The summed E-state index contributed by atoms with van der Waals surface area (Å²) in [6, 6.07) is 4.74. The number of hydrogen-bond acceptors (Lipinski definition) is 3. The van der Waals surface area contributed by atoms with Gasteiger partial charge in [0.1, 0.15) is 5.75 Å². The first-order chi connectivity index (χ1) is 8.95. The Bertz CT molecular complexity index is 381. The first kappa shape index (κ1) is 16.0. The summed E-state index contributed by atoms with van der Waals surface area (Å²) < 4.78 is 0. The van der Waals surface area contributed by atoms with E-state index in [2.05, 4.69) is 31.1 Å². The van der Waals surface area contributed by atoms with Gasteiger partial charge >= 0.3 is 0 Å². The van der Waals surface area contributed by atoms with Gasteiger partial charge in [-0.1, -0.05) is 19.1 Å². The molecule has 3 heteroatoms. The lowest BCUT2D eigenvalue weighted by molar-refractivity contribution is 0.251. The van der Waals surface area contributed by atoms with E-state index in [4.69, 9.17) is 0 Å². The van der Waals surface area contributed by atoms with Gasteiger partial charge in [-0.05, 0) is 50.9 Å². The molecule has 3 nitrogen and oxygen atoms in total. The number of rotatable bonds is 7. The number of aryl methyl sites for hydroxylation is 2. The van der Waals surface area contributed by atoms with E-state index in [1.54, 1.807) is 0 Å². The number of aromatic hydroxyl groups is 1. The molecular weight excluding hydrogens is 236 g/mol. The third kappa shape index (κ3) is 4.84. The Morgan fingerprint density at radius 1 is 1.26 bits per heavy atom. The molecule has 1 atom stereocenters. The van der Waals surface area contributed by atoms with E-state index < -0.39 is 0 Å². The summed E-state index contributed by atoms with van der Waals surface area (Å²) in [7, 11) is 2.17. The molecule has 0 aliphatic carbocycles. The molecule has 108 valence electrons. The first-order valence-electron chi connectivity index (χ1n) is 7.15. The second-order valence-electron chi connectivity index (χ2n) is 5.49. The van der Waals surface area contributed by atoms with Crippen LogP contribution in [0.2, 0.25) is 0 Å². The maximum atomic E-state index is 9.74. The predicted molar refractivity (Wildman–Crippen MR) is 81.7 cm³/mol. The minimum absolute atomic E-state index is 0.417. The van der Waals surface area contributed by atoms with Gasteiger partial charge in [0.05, 0.1) is 0 Å². The zero-order chi connectivity index (χ0) is 14.4. The van der Waals surface area contributed by atoms with Crippen molar-refractivity contribution in [1.82, 2.24) is 10.2 Å². The number of nitrogens with zero attached hydrogens (tertiary/aromatic N) is 1. The largest absolute Gasteiger partial charge is 0.507 e. The maximum absolute atomic E-state index is 9.74. The van der Waals surface area contributed by atoms with Crippen molar-refractivity contribution in [1.29, 1.82) is 0 Å². The second-order valence-corrected chi connectivity index (χ2v) is 5.49. The van der Waals surface area contributed by atoms with Crippen LogP contribution in [0, 0.1) is 13.8 Å². The highest BCUT2D eigenvalue weighted by molar-refractivity contribution is 5.42. The van der Waals surface area contributed by atoms with E-state index in [-0.39, 0.29) is 0 Å². The van der Waals surface area contributed by atoms with Crippen LogP contribution in [0.1, 0.15) is 37.0 Å². The van der Waals surface area contributed by atoms with E-state index in [0.29, 0.717) is 11.8 Å². The van der Waals surface area contributed by atoms with Crippen LogP contribution in [0.25, 0.3) is 0 Å². The van der Waals surface area contributed by atoms with Crippen LogP contribution in [0.15, 0.2) is 12.1 Å². The average Bonchev–Trinajstić information content (AvgIpc) is 2.39. The van der Waals surface area contributed by atoms with Crippen molar-refractivity contribution in [3.63, 3.8) is 0 Å². The zero-order valence-corrected chi connectivity index (χ0v) is 13.0. The minimum Gasteiger partial charge on any atom is -0.507 e. The predicted octanol–water partition coefficient (Wildman–Crippen LogP) is 2.83. The molecule has 1 unspecified atom stereocenters. The van der Waals surface area contributed by atoms with Gasteiger partial charge in [-0.3, -0.25) is 0 Å². The lowest BCUT2D eigenvalue weighted by Gasteiger charge is -2.23. The highest BCUT2D eigenvalue weighted by Crippen LogP contribution is 2.22. The van der Waals surface area contributed by atoms with Crippen molar-refractivity contribution in [2.24, 2.45) is 0 Å². The van der Waals surface area contributed by atoms with Crippen LogP contribution in [0.5, 0.6) is 5.75 Å². The van der Waals surface area contributed by atoms with E-state index in [9.17, 15) is 5.11 Å². The van der Waals surface area contributed by atoms with E-state index >= 15 is 0 Å². The summed E-state index contributed by atoms with van der Waals surface area (Å²) in [5, 5.41) is 13.2. The fourth-order valence-corrected chi connectivity index (χ4v) is 2.17. The number of phenols is 1. The van der Waals surface area contributed by atoms with Gasteiger partial charge in [0, 0.05) is 25.7 Å². The topological polar surface area (TPSA) is 35.5 Å². The molecule has 0 fully saturated rings. The first-order valence-corrected chi connectivity index (χ1v) is 7.15. The molecule has 19 heavy (non-hydrogen) atoms. The second kappa shape index (κ2) is 7.51. The Morgan fingerprint density at radius 3 is 2.37 bits per heavy atom. The highest BCUT2D eigenvalue weighted by atomic mass is 16.3. The van der Waals surface area contributed by atoms with E-state index in [1.807, 2.05) is 26.0 Å². The zero-order valence-electron chi connectivity index (χ0n) is 13.0. The summed E-state index contributed by atoms with van der Waals surface area (Å²) in [6.07, 6.45) is 1.19. The molecule has 0 bridgehead atoms. The number of nitrogens with one attached hydrogen (secondary N) is 1. The molecular formula is C16H28N2O. The fourth-order valence-electron chi connectivity index (χ4n) is 2.17. The molecule has 0 heterocycles. The SMILES string of the molecule is CCC(C)N(C)CCNCc1cc(C)c(O)c(C)c1. The lowest BCUT2D eigenvalue weighted by atomic mass is 10.1. The molecule has 2 N–H and O–H groups in total. The maximum Gasteiger partial charge on any atom is 0.121 e. The van der Waals surface area contributed by atoms with E-state index in [1.165, 1.54) is 12.0 Å². The van der Waals surface area contributed by atoms with Crippen LogP contribution >= 0.6 is 0 Å². The molecule has 1 rings (SSSR count). The molecule has 0 saturated carbocycles. The van der Waals surface area contributed by atoms with Crippen molar-refractivity contribution in [3.8, 4) is 5.75 Å². The monoisotopic (exact) mass is 264 g/mol. The quantitative estimate of drug-likeness (QED) is 0.743. The minimum atomic E-state index is 0.417. The van der Waals surface area contributed by atoms with Gasteiger partial charge in [0.15, 0.2) is 0 Å². The number of likely N-dealkylation sites (N-methyl/N-ethyl adjacent to an activating group) is 1. The molecule has 0 aromatic heterocycles. The lowest BCUT2D eigenvalue weighted by Crippen LogP contribution is -2.34. The smallest absolute Gasteiger partial charge is 0.121 e. The summed E-state index contributed by atoms with van der Waals surface area (Å²) in [5.74, 6) is 0.417. The Balaban J connectivity index is 2.38. The van der Waals surface area contributed by atoms with Crippen LogP contribution < -0.4 is 5.32 Å². The van der Waals surface area contributed by atoms with Crippen molar-refractivity contribution in [2.45, 2.75) is 46.7 Å². The Kier molecular flexibility index (Phi) is 6.32. The van der Waals surface area contributed by atoms with Crippen molar-refractivity contribution < 1.29 is 5.11 Å². The number of hydrogen-bond donors (Lipinski definition) is 2. The molecule has 0 radical (unpaired) electrons. The highest BCUT2D eigenvalue weighted by Gasteiger charge is 2.06. The van der Waals surface area contributed by atoms with Crippen LogP contribution in [-0.2, 0) is 6.54 Å². The van der Waals surface area contributed by atoms with Gasteiger partial charge in [-0.25, -0.2) is 0 Å². The number of phenolic OH excluding ortho intramolecular Hbond substituents is 1. The Labute approximate surface area is 117 Å². The third-order valence-electron chi connectivity index (χ3n) is 3.86. The normalized spacial score (nSPS) is 12.9. The van der Waals surface area contributed by atoms with Crippen molar-refractivity contribution in [3.05, 3.63) is 28.8 Å². The average molecular weight is 264 g/mol. The summed E-state index contributed by atoms with van der Waals surface area (Å²) in [5.41, 5.74) is 3.14. The van der Waals surface area contributed by atoms with Crippen molar-refractivity contribution >= 4 is 0 Å². The standard InChI is InChI=1S/C16H28N2O/c1-6-14(4)18(5)8-7-17-11-15-9-12(2)16(19)13(3)10-15/h9-10,14,17,19H,6-8,11H2,1-5H3. The Morgan fingerprint density at radius 2 is 1.84 bits per heavy atom. The van der Waals surface area contributed by atoms with Crippen LogP contribution in [-0.4, -0.2) is 36.2 Å². The van der Waals surface area contributed by atoms with Gasteiger partial charge in [0.2, 0.25) is 0 Å². The third-order valence-corrected chi connectivity index (χ3v) is 3.86. The van der Waals surface area contributed by atoms with Gasteiger partial charge in [0.25, 0.3) is 0 Å². The van der Waals surface area contributed by atoms with Gasteiger partial charge in [-0.15, -0.1) is 0 Å². The molecule has 1 aromatic carbocycles. The molecule has 0 amide bonds. The Hall–Kier alpha value is -1.06. The molecule has 0 aliphatic heterocycles. The van der Waals surface area contributed by atoms with E-state index in [0.717, 1.165) is 30.8 Å². The fraction of sp³-hybridized carbons (Fsp3) is 0.625. The molecule has 1 aromatic rings. The summed E-state index contributed by atoms with van der Waals surface area (Å²) in [6.45, 7) is 11.3. The summed E-state index contributed by atoms with van der Waals surface area (Å²) in [4.78, 5) is 2.38. The molecule has 0 spiro atoms. The van der Waals surface area contributed by atoms with Crippen LogP contribution in [0.4, 0.5) is 0 Å². The molecule has 0 saturated heterocycles. The van der Waals surface area contributed by atoms with Gasteiger partial charge in [-0.2, -0.15) is 0 Å².